The van der Waals surface area contributed by atoms with E-state index in [1.807, 2.05) is 24.3 Å². The van der Waals surface area contributed by atoms with Gasteiger partial charge < -0.3 is 25.2 Å². The lowest BCUT2D eigenvalue weighted by atomic mass is 9.84. The number of para-hydroxylation sites is 1. The number of rotatable bonds is 8. The molecule has 5 rings (SSSR count). The number of piperidine rings is 1. The predicted molar refractivity (Wildman–Crippen MR) is 141 cm³/mol. The summed E-state index contributed by atoms with van der Waals surface area (Å²) in [5.41, 5.74) is 10.3. The van der Waals surface area contributed by atoms with Gasteiger partial charge in [0, 0.05) is 41.5 Å². The molecule has 0 aromatic heterocycles. The highest BCUT2D eigenvalue weighted by Crippen LogP contribution is 2.39. The summed E-state index contributed by atoms with van der Waals surface area (Å²) in [7, 11) is 0. The molecule has 3 aromatic rings. The van der Waals surface area contributed by atoms with E-state index in [0.717, 1.165) is 55.8 Å². The Bertz CT molecular complexity index is 1280. The lowest BCUT2D eigenvalue weighted by Crippen LogP contribution is -2.52. The number of anilines is 1. The summed E-state index contributed by atoms with van der Waals surface area (Å²) in [4.78, 5) is 13.6. The number of ether oxygens (including phenoxy) is 2. The Morgan fingerprint density at radius 3 is 2.57 bits per heavy atom. The molecule has 1 spiro atoms. The predicted octanol–water partition coefficient (Wildman–Crippen LogP) is 5.48. The van der Waals surface area contributed by atoms with Gasteiger partial charge in [0.15, 0.2) is 0 Å². The van der Waals surface area contributed by atoms with Gasteiger partial charge >= 0.3 is 5.97 Å². The first-order valence-electron chi connectivity index (χ1n) is 12.8. The number of nitrogens with zero attached hydrogens (tertiary/aromatic N) is 1. The molecule has 6 nitrogen and oxygen atoms in total. The summed E-state index contributed by atoms with van der Waals surface area (Å²) < 4.78 is 27.5. The van der Waals surface area contributed by atoms with Gasteiger partial charge in [0.25, 0.3) is 0 Å². The number of carboxylic acids is 1. The molecular formula is C30H33FN2O4. The minimum absolute atomic E-state index is 0.0333. The first kappa shape index (κ1) is 25.2. The molecule has 0 saturated carbocycles. The van der Waals surface area contributed by atoms with E-state index >= 15 is 4.39 Å². The molecule has 2 saturated heterocycles. The summed E-state index contributed by atoms with van der Waals surface area (Å²) in [6.07, 6.45) is 2.94. The van der Waals surface area contributed by atoms with Crippen LogP contribution in [0.2, 0.25) is 0 Å². The van der Waals surface area contributed by atoms with E-state index in [4.69, 9.17) is 15.2 Å². The van der Waals surface area contributed by atoms with Crippen molar-refractivity contribution >= 4 is 11.7 Å². The van der Waals surface area contributed by atoms with Crippen molar-refractivity contribution in [2.24, 2.45) is 5.73 Å². The summed E-state index contributed by atoms with van der Waals surface area (Å²) in [5, 5.41) is 9.25. The van der Waals surface area contributed by atoms with Crippen molar-refractivity contribution in [2.45, 2.75) is 50.9 Å². The van der Waals surface area contributed by atoms with Crippen molar-refractivity contribution in [1.82, 2.24) is 0 Å². The van der Waals surface area contributed by atoms with Crippen LogP contribution in [0.3, 0.4) is 0 Å². The quantitative estimate of drug-likeness (QED) is 0.423. The minimum atomic E-state index is -0.914. The summed E-state index contributed by atoms with van der Waals surface area (Å²) in [5.74, 6) is -0.694. The van der Waals surface area contributed by atoms with Gasteiger partial charge in [-0.05, 0) is 61.6 Å². The molecule has 0 radical (unpaired) electrons. The molecule has 1 unspecified atom stereocenters. The zero-order chi connectivity index (χ0) is 26.0. The summed E-state index contributed by atoms with van der Waals surface area (Å²) in [6, 6.07) is 18.1. The van der Waals surface area contributed by atoms with Crippen molar-refractivity contribution in [2.75, 3.05) is 24.6 Å². The molecule has 0 aliphatic carbocycles. The minimum Gasteiger partial charge on any atom is -0.489 e. The van der Waals surface area contributed by atoms with Crippen molar-refractivity contribution in [3.05, 3.63) is 83.2 Å². The molecule has 2 fully saturated rings. The lowest BCUT2D eigenvalue weighted by Gasteiger charge is -2.48. The standard InChI is InChI=1S/C30H33FN2O4/c1-20(32)25-6-4-7-26(29(25)31)23-15-21(19-36-27-8-3-2-5-22(27)18-28(34)35)16-24(17-23)33-12-9-30(10-13-33)11-14-37-30/h2-8,15-17,20H,9-14,18-19,32H2,1H3,(H,34,35). The first-order valence-corrected chi connectivity index (χ1v) is 12.8. The summed E-state index contributed by atoms with van der Waals surface area (Å²) >= 11 is 0. The number of halogens is 1. The van der Waals surface area contributed by atoms with E-state index in [9.17, 15) is 9.90 Å². The smallest absolute Gasteiger partial charge is 0.307 e. The van der Waals surface area contributed by atoms with E-state index < -0.39 is 12.0 Å². The third-order valence-electron chi connectivity index (χ3n) is 7.52. The second-order valence-electron chi connectivity index (χ2n) is 10.1. The van der Waals surface area contributed by atoms with Gasteiger partial charge in [0.2, 0.25) is 0 Å². The highest BCUT2D eigenvalue weighted by molar-refractivity contribution is 5.72. The largest absolute Gasteiger partial charge is 0.489 e. The van der Waals surface area contributed by atoms with Gasteiger partial charge in [0.05, 0.1) is 18.6 Å². The number of hydrogen-bond acceptors (Lipinski definition) is 5. The van der Waals surface area contributed by atoms with Gasteiger partial charge in [-0.15, -0.1) is 0 Å². The number of carboxylic acid groups (broad SMARTS) is 1. The maximum absolute atomic E-state index is 15.5. The van der Waals surface area contributed by atoms with Crippen LogP contribution in [0, 0.1) is 5.82 Å². The highest BCUT2D eigenvalue weighted by atomic mass is 19.1. The van der Waals surface area contributed by atoms with E-state index in [0.29, 0.717) is 22.4 Å². The van der Waals surface area contributed by atoms with Crippen LogP contribution in [0.1, 0.15) is 48.9 Å². The van der Waals surface area contributed by atoms with Gasteiger partial charge in [-0.1, -0.05) is 36.4 Å². The Morgan fingerprint density at radius 2 is 1.89 bits per heavy atom. The van der Waals surface area contributed by atoms with Crippen molar-refractivity contribution in [3.8, 4) is 16.9 Å². The fraction of sp³-hybridized carbons (Fsp3) is 0.367. The van der Waals surface area contributed by atoms with Crippen molar-refractivity contribution < 1.29 is 23.8 Å². The van der Waals surface area contributed by atoms with Gasteiger partial charge in [-0.25, -0.2) is 4.39 Å². The average Bonchev–Trinajstić information content (AvgIpc) is 2.87. The fourth-order valence-corrected chi connectivity index (χ4v) is 5.29. The third-order valence-corrected chi connectivity index (χ3v) is 7.52. The zero-order valence-electron chi connectivity index (χ0n) is 21.1. The Labute approximate surface area is 216 Å². The molecule has 194 valence electrons. The van der Waals surface area contributed by atoms with Crippen LogP contribution < -0.4 is 15.4 Å². The molecule has 3 N–H and O–H groups in total. The molecule has 2 aliphatic heterocycles. The Hall–Kier alpha value is -3.42. The monoisotopic (exact) mass is 504 g/mol. The molecule has 2 heterocycles. The second kappa shape index (κ2) is 10.5. The molecule has 2 aliphatic rings. The van der Waals surface area contributed by atoms with Gasteiger partial charge in [0.1, 0.15) is 18.2 Å². The fourth-order valence-electron chi connectivity index (χ4n) is 5.29. The van der Waals surface area contributed by atoms with Crippen LogP contribution >= 0.6 is 0 Å². The SMILES string of the molecule is CC(N)c1cccc(-c2cc(COc3ccccc3CC(=O)O)cc(N3CCC4(CCO4)CC3)c2)c1F. The highest BCUT2D eigenvalue weighted by Gasteiger charge is 2.41. The lowest BCUT2D eigenvalue weighted by molar-refractivity contribution is -0.158. The molecule has 7 heteroatoms. The maximum Gasteiger partial charge on any atom is 0.307 e. The molecule has 0 amide bonds. The molecule has 37 heavy (non-hydrogen) atoms. The Balaban J connectivity index is 1.47. The topological polar surface area (TPSA) is 85.0 Å². The third kappa shape index (κ3) is 5.48. The first-order chi connectivity index (χ1) is 17.8. The number of hydrogen-bond donors (Lipinski definition) is 2. The van der Waals surface area contributed by atoms with Gasteiger partial charge in [-0.3, -0.25) is 4.79 Å². The second-order valence-corrected chi connectivity index (χ2v) is 10.1. The van der Waals surface area contributed by atoms with Crippen molar-refractivity contribution in [1.29, 1.82) is 0 Å². The van der Waals surface area contributed by atoms with Crippen LogP contribution in [0.4, 0.5) is 10.1 Å². The van der Waals surface area contributed by atoms with Crippen LogP contribution in [0.15, 0.2) is 60.7 Å². The molecule has 1 atom stereocenters. The van der Waals surface area contributed by atoms with Crippen LogP contribution in [0.25, 0.3) is 11.1 Å². The average molecular weight is 505 g/mol. The number of benzene rings is 3. The van der Waals surface area contributed by atoms with E-state index in [1.54, 1.807) is 37.3 Å². The molecular weight excluding hydrogens is 471 g/mol. The maximum atomic E-state index is 15.5. The van der Waals surface area contributed by atoms with E-state index in [2.05, 4.69) is 11.0 Å². The number of carbonyl (C=O) groups is 1. The van der Waals surface area contributed by atoms with E-state index in [-0.39, 0.29) is 24.4 Å². The van der Waals surface area contributed by atoms with E-state index in [1.165, 1.54) is 0 Å². The zero-order valence-corrected chi connectivity index (χ0v) is 21.1. The van der Waals surface area contributed by atoms with Crippen LogP contribution in [0.5, 0.6) is 5.75 Å². The number of aliphatic carboxylic acids is 1. The summed E-state index contributed by atoms with van der Waals surface area (Å²) in [6.45, 7) is 4.59. The van der Waals surface area contributed by atoms with Crippen LogP contribution in [-0.2, 0) is 22.6 Å². The van der Waals surface area contributed by atoms with Gasteiger partial charge in [-0.2, -0.15) is 0 Å². The Kier molecular flexibility index (Phi) is 7.17. The molecule has 0 bridgehead atoms. The number of nitrogens with two attached hydrogens (primary N) is 1. The Morgan fingerprint density at radius 1 is 1.14 bits per heavy atom. The van der Waals surface area contributed by atoms with Crippen molar-refractivity contribution in [3.63, 3.8) is 0 Å². The van der Waals surface area contributed by atoms with Crippen LogP contribution in [-0.4, -0.2) is 36.4 Å². The molecule has 3 aromatic carbocycles. The normalized spacial score (nSPS) is 17.3.